The second-order valence-corrected chi connectivity index (χ2v) is 7.86. The predicted molar refractivity (Wildman–Crippen MR) is 75.7 cm³/mol. The molecule has 1 saturated carbocycles. The molecule has 0 aromatic heterocycles. The number of hydrogen-bond donors (Lipinski definition) is 0. The molecule has 0 aromatic rings. The highest BCUT2D eigenvalue weighted by Crippen LogP contribution is 2.48. The average Bonchev–Trinajstić information content (AvgIpc) is 2.94. The van der Waals surface area contributed by atoms with Gasteiger partial charge in [-0.2, -0.15) is 4.99 Å². The number of aliphatic imine (C=N–C) groups is 1. The Bertz CT molecular complexity index is 418. The van der Waals surface area contributed by atoms with Gasteiger partial charge in [-0.3, -0.25) is 4.79 Å². The smallest absolute Gasteiger partial charge is 0.264 e. The maximum atomic E-state index is 12.2. The first kappa shape index (κ1) is 12.5. The van der Waals surface area contributed by atoms with Crippen molar-refractivity contribution in [3.63, 3.8) is 0 Å². The zero-order chi connectivity index (χ0) is 13.1. The van der Waals surface area contributed by atoms with Gasteiger partial charge in [-0.1, -0.05) is 25.6 Å². The second-order valence-electron chi connectivity index (χ2n) is 6.44. The lowest BCUT2D eigenvalue weighted by Gasteiger charge is -2.35. The minimum Gasteiger partial charge on any atom is -0.345 e. The average molecular weight is 266 g/mol. The van der Waals surface area contributed by atoms with Crippen molar-refractivity contribution in [1.29, 1.82) is 0 Å². The Balaban J connectivity index is 1.84. The highest BCUT2D eigenvalue weighted by Gasteiger charge is 2.51. The highest BCUT2D eigenvalue weighted by atomic mass is 32.2. The lowest BCUT2D eigenvalue weighted by molar-refractivity contribution is -0.120. The summed E-state index contributed by atoms with van der Waals surface area (Å²) in [5, 5.41) is 0.996. The molecule has 2 aliphatic heterocycles. The van der Waals surface area contributed by atoms with Crippen LogP contribution in [0.2, 0.25) is 0 Å². The van der Waals surface area contributed by atoms with Gasteiger partial charge in [0.25, 0.3) is 5.91 Å². The lowest BCUT2D eigenvalue weighted by atomic mass is 9.96. The molecule has 1 aliphatic carbocycles. The fourth-order valence-electron chi connectivity index (χ4n) is 3.50. The number of amides is 1. The van der Waals surface area contributed by atoms with Gasteiger partial charge in [-0.15, -0.1) is 0 Å². The van der Waals surface area contributed by atoms with Crippen molar-refractivity contribution >= 4 is 22.8 Å². The number of likely N-dealkylation sites (tertiary alicyclic amines) is 1. The maximum absolute atomic E-state index is 12.2. The van der Waals surface area contributed by atoms with E-state index in [9.17, 15) is 4.79 Å². The second kappa shape index (κ2) is 3.99. The Morgan fingerprint density at radius 2 is 2.17 bits per heavy atom. The van der Waals surface area contributed by atoms with E-state index >= 15 is 0 Å². The SMILES string of the molecule is CC(C)[C@@]1(C)SC(N2C3CC[C@H](C3)[C@H]2C)=NC1=O. The largest absolute Gasteiger partial charge is 0.345 e. The number of carbonyl (C=O) groups excluding carboxylic acids is 1. The van der Waals surface area contributed by atoms with Gasteiger partial charge in [0.1, 0.15) is 4.75 Å². The van der Waals surface area contributed by atoms with E-state index in [1.807, 2.05) is 6.92 Å². The van der Waals surface area contributed by atoms with Crippen LogP contribution < -0.4 is 0 Å². The number of piperidine rings is 1. The van der Waals surface area contributed by atoms with E-state index in [0.717, 1.165) is 11.1 Å². The topological polar surface area (TPSA) is 32.7 Å². The lowest BCUT2D eigenvalue weighted by Crippen LogP contribution is -2.42. The summed E-state index contributed by atoms with van der Waals surface area (Å²) in [6, 6.07) is 1.20. The van der Waals surface area contributed by atoms with E-state index in [1.54, 1.807) is 11.8 Å². The van der Waals surface area contributed by atoms with Gasteiger partial charge in [0.15, 0.2) is 5.17 Å². The molecule has 1 saturated heterocycles. The van der Waals surface area contributed by atoms with Crippen LogP contribution in [-0.2, 0) is 4.79 Å². The van der Waals surface area contributed by atoms with Crippen LogP contribution in [0.1, 0.15) is 47.0 Å². The van der Waals surface area contributed by atoms with Gasteiger partial charge < -0.3 is 4.90 Å². The molecule has 0 N–H and O–H groups in total. The summed E-state index contributed by atoms with van der Waals surface area (Å²) in [6.07, 6.45) is 3.93. The van der Waals surface area contributed by atoms with Crippen molar-refractivity contribution in [3.05, 3.63) is 0 Å². The molecular formula is C14H22N2OS. The summed E-state index contributed by atoms with van der Waals surface area (Å²) < 4.78 is -0.350. The van der Waals surface area contributed by atoms with Crippen LogP contribution in [0.15, 0.2) is 4.99 Å². The minimum absolute atomic E-state index is 0.0625. The Morgan fingerprint density at radius 3 is 2.67 bits per heavy atom. The zero-order valence-electron chi connectivity index (χ0n) is 11.6. The fraction of sp³-hybridized carbons (Fsp3) is 0.857. The molecule has 18 heavy (non-hydrogen) atoms. The number of hydrogen-bond acceptors (Lipinski definition) is 3. The van der Waals surface area contributed by atoms with Gasteiger partial charge in [0.05, 0.1) is 0 Å². The molecule has 2 heterocycles. The third-order valence-corrected chi connectivity index (χ3v) is 6.76. The molecule has 2 fully saturated rings. The minimum atomic E-state index is -0.350. The van der Waals surface area contributed by atoms with E-state index in [-0.39, 0.29) is 10.7 Å². The van der Waals surface area contributed by atoms with Crippen LogP contribution in [0, 0.1) is 11.8 Å². The summed E-state index contributed by atoms with van der Waals surface area (Å²) >= 11 is 1.70. The molecule has 100 valence electrons. The van der Waals surface area contributed by atoms with Gasteiger partial charge in [-0.25, -0.2) is 0 Å². The molecule has 1 unspecified atom stereocenters. The van der Waals surface area contributed by atoms with Gasteiger partial charge >= 0.3 is 0 Å². The number of carbonyl (C=O) groups is 1. The first-order valence-corrected chi connectivity index (χ1v) is 7.85. The molecule has 3 nitrogen and oxygen atoms in total. The standard InChI is InChI=1S/C14H22N2OS/c1-8(2)14(4)12(17)15-13(18-14)16-9(3)10-5-6-11(16)7-10/h8-11H,5-7H2,1-4H3/t9-,10-,11?,14-/m1/s1. The predicted octanol–water partition coefficient (Wildman–Crippen LogP) is 2.90. The molecule has 0 spiro atoms. The van der Waals surface area contributed by atoms with Crippen LogP contribution in [0.5, 0.6) is 0 Å². The molecule has 0 radical (unpaired) electrons. The Labute approximate surface area is 113 Å². The first-order valence-electron chi connectivity index (χ1n) is 7.04. The first-order chi connectivity index (χ1) is 8.43. The molecule has 1 amide bonds. The number of amidine groups is 1. The van der Waals surface area contributed by atoms with Crippen LogP contribution in [0.4, 0.5) is 0 Å². The normalized spacial score (nSPS) is 43.2. The summed E-state index contributed by atoms with van der Waals surface area (Å²) in [7, 11) is 0. The summed E-state index contributed by atoms with van der Waals surface area (Å²) in [5.41, 5.74) is 0. The van der Waals surface area contributed by atoms with Crippen molar-refractivity contribution in [1.82, 2.24) is 4.90 Å². The molecule has 4 heteroatoms. The number of nitrogens with zero attached hydrogens (tertiary/aromatic N) is 2. The monoisotopic (exact) mass is 266 g/mol. The molecule has 3 aliphatic rings. The van der Waals surface area contributed by atoms with Crippen molar-refractivity contribution < 1.29 is 4.79 Å². The van der Waals surface area contributed by atoms with Gasteiger partial charge in [0, 0.05) is 12.1 Å². The molecule has 4 atom stereocenters. The molecular weight excluding hydrogens is 244 g/mol. The maximum Gasteiger partial charge on any atom is 0.264 e. The summed E-state index contributed by atoms with van der Waals surface area (Å²) in [4.78, 5) is 19.0. The van der Waals surface area contributed by atoms with Crippen molar-refractivity contribution in [3.8, 4) is 0 Å². The van der Waals surface area contributed by atoms with E-state index in [4.69, 9.17) is 0 Å². The third kappa shape index (κ3) is 1.57. The van der Waals surface area contributed by atoms with Crippen molar-refractivity contribution in [2.75, 3.05) is 0 Å². The van der Waals surface area contributed by atoms with E-state index in [0.29, 0.717) is 18.0 Å². The Kier molecular flexibility index (Phi) is 2.78. The van der Waals surface area contributed by atoms with Gasteiger partial charge in [0.2, 0.25) is 0 Å². The quantitative estimate of drug-likeness (QED) is 0.731. The van der Waals surface area contributed by atoms with E-state index < -0.39 is 0 Å². The number of fused-ring (bicyclic) bond motifs is 2. The zero-order valence-corrected chi connectivity index (χ0v) is 12.5. The Hall–Kier alpha value is -0.510. The molecule has 0 aromatic carbocycles. The van der Waals surface area contributed by atoms with E-state index in [1.165, 1.54) is 19.3 Å². The summed E-state index contributed by atoms with van der Waals surface area (Å²) in [5.74, 6) is 1.21. The third-order valence-electron chi connectivity index (χ3n) is 5.21. The van der Waals surface area contributed by atoms with Gasteiger partial charge in [-0.05, 0) is 44.9 Å². The molecule has 3 rings (SSSR count). The van der Waals surface area contributed by atoms with E-state index in [2.05, 4.69) is 30.7 Å². The fourth-order valence-corrected chi connectivity index (χ4v) is 4.80. The number of rotatable bonds is 1. The van der Waals surface area contributed by atoms with Crippen LogP contribution >= 0.6 is 11.8 Å². The number of thioether (sulfide) groups is 1. The molecule has 2 bridgehead atoms. The van der Waals surface area contributed by atoms with Crippen molar-refractivity contribution in [2.45, 2.75) is 63.8 Å². The Morgan fingerprint density at radius 1 is 1.44 bits per heavy atom. The van der Waals surface area contributed by atoms with Crippen molar-refractivity contribution in [2.24, 2.45) is 16.8 Å². The highest BCUT2D eigenvalue weighted by molar-refractivity contribution is 8.16. The van der Waals surface area contributed by atoms with Crippen LogP contribution in [0.25, 0.3) is 0 Å². The van der Waals surface area contributed by atoms with Crippen LogP contribution in [-0.4, -0.2) is 32.8 Å². The summed E-state index contributed by atoms with van der Waals surface area (Å²) in [6.45, 7) is 8.56. The van der Waals surface area contributed by atoms with Crippen LogP contribution in [0.3, 0.4) is 0 Å².